The van der Waals surface area contributed by atoms with Gasteiger partial charge in [0.25, 0.3) is 0 Å². The molecule has 1 aliphatic heterocycles. The Morgan fingerprint density at radius 1 is 1.31 bits per heavy atom. The smallest absolute Gasteiger partial charge is 0.233 e. The fraction of sp³-hybridized carbons (Fsp3) is 0.889. The minimum absolute atomic E-state index is 0.302. The van der Waals surface area contributed by atoms with Crippen LogP contribution in [0.3, 0.4) is 0 Å². The van der Waals surface area contributed by atoms with Gasteiger partial charge in [-0.2, -0.15) is 0 Å². The van der Waals surface area contributed by atoms with E-state index in [9.17, 15) is 0 Å². The lowest BCUT2D eigenvalue weighted by Crippen LogP contribution is -2.48. The van der Waals surface area contributed by atoms with E-state index in [2.05, 4.69) is 10.1 Å². The number of piperidine rings is 1. The molecule has 0 aromatic carbocycles. The summed E-state index contributed by atoms with van der Waals surface area (Å²) in [4.78, 5) is 2.07. The first-order valence-corrected chi connectivity index (χ1v) is 5.07. The van der Waals surface area contributed by atoms with Crippen molar-refractivity contribution in [2.24, 2.45) is 16.8 Å². The molecule has 1 atom stereocenters. The lowest BCUT2D eigenvalue weighted by molar-refractivity contribution is 0.203. The number of nitrogens with two attached hydrogens (primary N) is 1. The summed E-state index contributed by atoms with van der Waals surface area (Å²) >= 11 is 0. The summed E-state index contributed by atoms with van der Waals surface area (Å²) in [5.41, 5.74) is 5.63. The lowest BCUT2D eigenvalue weighted by atomic mass is 9.99. The highest BCUT2D eigenvalue weighted by atomic mass is 16.4. The second-order valence-corrected chi connectivity index (χ2v) is 4.05. The summed E-state index contributed by atoms with van der Waals surface area (Å²) in [5.74, 6) is 1.11. The first-order valence-electron chi connectivity index (χ1n) is 5.07. The van der Waals surface area contributed by atoms with Crippen molar-refractivity contribution in [3.05, 3.63) is 0 Å². The van der Waals surface area contributed by atoms with Crippen LogP contribution in [-0.2, 0) is 0 Å². The summed E-state index contributed by atoms with van der Waals surface area (Å²) < 4.78 is 0. The van der Waals surface area contributed by atoms with E-state index in [0.717, 1.165) is 12.5 Å². The molecule has 2 rings (SSSR count). The van der Waals surface area contributed by atoms with Crippen molar-refractivity contribution in [1.82, 2.24) is 4.90 Å². The van der Waals surface area contributed by atoms with Gasteiger partial charge >= 0.3 is 0 Å². The number of nitrogens with zero attached hydrogens (tertiary/aromatic N) is 2. The highest BCUT2D eigenvalue weighted by molar-refractivity contribution is 5.77. The van der Waals surface area contributed by atoms with Crippen LogP contribution in [0.25, 0.3) is 0 Å². The van der Waals surface area contributed by atoms with Crippen LogP contribution in [0.1, 0.15) is 32.1 Å². The molecule has 0 radical (unpaired) electrons. The molecular formula is C9H17N3O. The van der Waals surface area contributed by atoms with Crippen LogP contribution in [0.5, 0.6) is 0 Å². The Balaban J connectivity index is 2.03. The molecule has 1 heterocycles. The van der Waals surface area contributed by atoms with Crippen LogP contribution < -0.4 is 5.73 Å². The number of rotatable bonds is 1. The lowest BCUT2D eigenvalue weighted by Gasteiger charge is -2.36. The molecule has 2 aliphatic rings. The van der Waals surface area contributed by atoms with Crippen molar-refractivity contribution in [3.8, 4) is 0 Å². The molecule has 4 heteroatoms. The topological polar surface area (TPSA) is 61.9 Å². The zero-order valence-electron chi connectivity index (χ0n) is 7.82. The maximum Gasteiger partial charge on any atom is 0.233 e. The Morgan fingerprint density at radius 3 is 2.69 bits per heavy atom. The summed E-state index contributed by atoms with van der Waals surface area (Å²) in [6.45, 7) is 0.955. The summed E-state index contributed by atoms with van der Waals surface area (Å²) in [7, 11) is 0. The van der Waals surface area contributed by atoms with Crippen molar-refractivity contribution in [1.29, 1.82) is 0 Å². The van der Waals surface area contributed by atoms with Crippen LogP contribution in [0.2, 0.25) is 0 Å². The standard InChI is InChI=1S/C9H17N3O/c10-9(11-13)12-6-2-1-3-8(12)7-4-5-7/h7-8,13H,1-6H2,(H2,10,11). The Bertz CT molecular complexity index is 213. The molecule has 13 heavy (non-hydrogen) atoms. The number of hydrogen-bond acceptors (Lipinski definition) is 2. The van der Waals surface area contributed by atoms with Crippen molar-refractivity contribution in [2.45, 2.75) is 38.1 Å². The fourth-order valence-corrected chi connectivity index (χ4v) is 2.27. The average molecular weight is 183 g/mol. The van der Waals surface area contributed by atoms with Gasteiger partial charge in [-0.1, -0.05) is 5.16 Å². The molecule has 0 spiro atoms. The molecular weight excluding hydrogens is 166 g/mol. The van der Waals surface area contributed by atoms with Gasteiger partial charge in [-0.05, 0) is 38.0 Å². The van der Waals surface area contributed by atoms with E-state index in [1.807, 2.05) is 0 Å². The summed E-state index contributed by atoms with van der Waals surface area (Å²) in [6.07, 6.45) is 6.30. The third-order valence-corrected chi connectivity index (χ3v) is 3.11. The van der Waals surface area contributed by atoms with E-state index in [-0.39, 0.29) is 0 Å². The zero-order chi connectivity index (χ0) is 9.26. The van der Waals surface area contributed by atoms with Crippen LogP contribution in [0.15, 0.2) is 5.16 Å². The van der Waals surface area contributed by atoms with Gasteiger partial charge in [0.1, 0.15) is 0 Å². The Hall–Kier alpha value is -0.930. The Kier molecular flexibility index (Phi) is 2.29. The van der Waals surface area contributed by atoms with Crippen LogP contribution in [0.4, 0.5) is 0 Å². The van der Waals surface area contributed by atoms with Crippen molar-refractivity contribution < 1.29 is 5.21 Å². The summed E-state index contributed by atoms with van der Waals surface area (Å²) in [6, 6.07) is 0.546. The predicted molar refractivity (Wildman–Crippen MR) is 50.5 cm³/mol. The highest BCUT2D eigenvalue weighted by Gasteiger charge is 2.37. The third-order valence-electron chi connectivity index (χ3n) is 3.11. The number of hydrogen-bond donors (Lipinski definition) is 2. The normalized spacial score (nSPS) is 30.6. The number of guanidine groups is 1. The van der Waals surface area contributed by atoms with Crippen LogP contribution in [0, 0.1) is 5.92 Å². The van der Waals surface area contributed by atoms with Gasteiger partial charge in [0, 0.05) is 12.6 Å². The molecule has 74 valence electrons. The minimum atomic E-state index is 0.302. The van der Waals surface area contributed by atoms with Crippen molar-refractivity contribution >= 4 is 5.96 Å². The van der Waals surface area contributed by atoms with Gasteiger partial charge in [-0.3, -0.25) is 0 Å². The summed E-state index contributed by atoms with van der Waals surface area (Å²) in [5, 5.41) is 11.7. The largest absolute Gasteiger partial charge is 0.408 e. The van der Waals surface area contributed by atoms with Crippen LogP contribution in [-0.4, -0.2) is 28.7 Å². The highest BCUT2D eigenvalue weighted by Crippen LogP contribution is 2.39. The maximum atomic E-state index is 8.63. The van der Waals surface area contributed by atoms with E-state index in [4.69, 9.17) is 10.9 Å². The molecule has 1 unspecified atom stereocenters. The molecule has 3 N–H and O–H groups in total. The average Bonchev–Trinajstić information content (AvgIpc) is 3.00. The quantitative estimate of drug-likeness (QED) is 0.275. The molecule has 2 fully saturated rings. The first kappa shape index (κ1) is 8.66. The first-order chi connectivity index (χ1) is 6.33. The SMILES string of the molecule is N/C(=N\O)N1CCCCC1C1CC1. The van der Waals surface area contributed by atoms with E-state index in [1.165, 1.54) is 32.1 Å². The second kappa shape index (κ2) is 3.44. The minimum Gasteiger partial charge on any atom is -0.408 e. The van der Waals surface area contributed by atoms with Gasteiger partial charge < -0.3 is 15.8 Å². The van der Waals surface area contributed by atoms with Gasteiger partial charge in [0.05, 0.1) is 0 Å². The van der Waals surface area contributed by atoms with Gasteiger partial charge in [-0.25, -0.2) is 0 Å². The van der Waals surface area contributed by atoms with E-state index >= 15 is 0 Å². The molecule has 0 amide bonds. The Labute approximate surface area is 78.4 Å². The van der Waals surface area contributed by atoms with E-state index in [0.29, 0.717) is 12.0 Å². The maximum absolute atomic E-state index is 8.63. The Morgan fingerprint density at radius 2 is 2.08 bits per heavy atom. The van der Waals surface area contributed by atoms with Crippen molar-refractivity contribution in [3.63, 3.8) is 0 Å². The van der Waals surface area contributed by atoms with Crippen LogP contribution >= 0.6 is 0 Å². The second-order valence-electron chi connectivity index (χ2n) is 4.05. The monoisotopic (exact) mass is 183 g/mol. The molecule has 0 aromatic rings. The van der Waals surface area contributed by atoms with Gasteiger partial charge in [0.2, 0.25) is 5.96 Å². The van der Waals surface area contributed by atoms with Gasteiger partial charge in [-0.15, -0.1) is 0 Å². The number of likely N-dealkylation sites (tertiary alicyclic amines) is 1. The third kappa shape index (κ3) is 1.71. The predicted octanol–water partition coefficient (Wildman–Crippen LogP) is 0.955. The molecule has 4 nitrogen and oxygen atoms in total. The number of oxime groups is 1. The van der Waals surface area contributed by atoms with E-state index < -0.39 is 0 Å². The molecule has 1 saturated carbocycles. The molecule has 0 aromatic heterocycles. The molecule has 1 aliphatic carbocycles. The molecule has 0 bridgehead atoms. The van der Waals surface area contributed by atoms with Gasteiger partial charge in [0.15, 0.2) is 0 Å². The van der Waals surface area contributed by atoms with E-state index in [1.54, 1.807) is 0 Å². The fourth-order valence-electron chi connectivity index (χ4n) is 2.27. The molecule has 1 saturated heterocycles. The zero-order valence-corrected chi connectivity index (χ0v) is 7.82. The van der Waals surface area contributed by atoms with Crippen molar-refractivity contribution in [2.75, 3.05) is 6.54 Å².